The zero-order valence-electron chi connectivity index (χ0n) is 8.97. The number of aliphatic imine (C=N–C) groups is 1. The van der Waals surface area contributed by atoms with Crippen LogP contribution in [0.15, 0.2) is 41.4 Å². The SMILES string of the molecule is CC1=N[C@H]2c3cccc4cccc(c34)[C@H]2O1. The van der Waals surface area contributed by atoms with Crippen molar-refractivity contribution in [1.82, 2.24) is 0 Å². The van der Waals surface area contributed by atoms with Gasteiger partial charge in [-0.15, -0.1) is 0 Å². The van der Waals surface area contributed by atoms with Gasteiger partial charge in [0.1, 0.15) is 6.04 Å². The molecule has 78 valence electrons. The van der Waals surface area contributed by atoms with Crippen molar-refractivity contribution in [2.45, 2.75) is 19.1 Å². The van der Waals surface area contributed by atoms with Crippen LogP contribution < -0.4 is 0 Å². The van der Waals surface area contributed by atoms with Crippen LogP contribution in [-0.4, -0.2) is 5.90 Å². The predicted molar refractivity (Wildman–Crippen MR) is 63.6 cm³/mol. The third-order valence-electron chi connectivity index (χ3n) is 3.50. The average molecular weight is 209 g/mol. The molecule has 2 aliphatic rings. The lowest BCUT2D eigenvalue weighted by atomic mass is 10.0. The first-order valence-corrected chi connectivity index (χ1v) is 5.57. The summed E-state index contributed by atoms with van der Waals surface area (Å²) < 4.78 is 5.81. The van der Waals surface area contributed by atoms with E-state index in [2.05, 4.69) is 41.4 Å². The predicted octanol–water partition coefficient (Wildman–Crippen LogP) is 3.38. The summed E-state index contributed by atoms with van der Waals surface area (Å²) in [5.41, 5.74) is 2.61. The number of nitrogens with zero attached hydrogens (tertiary/aromatic N) is 1. The maximum Gasteiger partial charge on any atom is 0.181 e. The van der Waals surface area contributed by atoms with Gasteiger partial charge in [-0.1, -0.05) is 36.4 Å². The fourth-order valence-electron chi connectivity index (χ4n) is 2.89. The van der Waals surface area contributed by atoms with E-state index in [0.29, 0.717) is 0 Å². The van der Waals surface area contributed by atoms with Gasteiger partial charge in [0.2, 0.25) is 0 Å². The van der Waals surface area contributed by atoms with Crippen LogP contribution in [0.4, 0.5) is 0 Å². The summed E-state index contributed by atoms with van der Waals surface area (Å²) in [5, 5.41) is 2.64. The molecule has 0 N–H and O–H groups in total. The third-order valence-corrected chi connectivity index (χ3v) is 3.50. The van der Waals surface area contributed by atoms with Crippen molar-refractivity contribution in [1.29, 1.82) is 0 Å². The normalized spacial score (nSPS) is 25.4. The third kappa shape index (κ3) is 0.854. The van der Waals surface area contributed by atoms with E-state index in [0.717, 1.165) is 5.90 Å². The summed E-state index contributed by atoms with van der Waals surface area (Å²) in [6.07, 6.45) is 0.112. The molecule has 0 amide bonds. The van der Waals surface area contributed by atoms with Crippen molar-refractivity contribution >= 4 is 16.7 Å². The fraction of sp³-hybridized carbons (Fsp3) is 0.214. The van der Waals surface area contributed by atoms with Crippen LogP contribution in [-0.2, 0) is 4.74 Å². The van der Waals surface area contributed by atoms with Crippen molar-refractivity contribution in [3.63, 3.8) is 0 Å². The standard InChI is InChI=1S/C14H11NO/c1-8-15-13-10-6-2-4-9-5-3-7-11(12(9)10)14(13)16-8/h2-7,13-14H,1H3/t13-,14+/m0/s1. The Hall–Kier alpha value is -1.83. The molecule has 2 nitrogen and oxygen atoms in total. The Bertz CT molecular complexity index is 624. The molecule has 0 bridgehead atoms. The van der Waals surface area contributed by atoms with Gasteiger partial charge >= 0.3 is 0 Å². The van der Waals surface area contributed by atoms with Gasteiger partial charge in [0.25, 0.3) is 0 Å². The van der Waals surface area contributed by atoms with Crippen LogP contribution in [0.1, 0.15) is 30.2 Å². The first-order valence-electron chi connectivity index (χ1n) is 5.57. The Morgan fingerprint density at radius 3 is 2.62 bits per heavy atom. The summed E-state index contributed by atoms with van der Waals surface area (Å²) >= 11 is 0. The van der Waals surface area contributed by atoms with Gasteiger partial charge in [-0.05, 0) is 16.3 Å². The summed E-state index contributed by atoms with van der Waals surface area (Å²) in [5.74, 6) is 0.807. The molecule has 0 saturated carbocycles. The lowest BCUT2D eigenvalue weighted by Crippen LogP contribution is -2.00. The Labute approximate surface area is 93.6 Å². The largest absolute Gasteiger partial charge is 0.471 e. The average Bonchev–Trinajstić information content (AvgIpc) is 2.80. The maximum absolute atomic E-state index is 5.81. The van der Waals surface area contributed by atoms with Gasteiger partial charge in [0.15, 0.2) is 12.0 Å². The quantitative estimate of drug-likeness (QED) is 0.651. The molecule has 2 aromatic carbocycles. The van der Waals surface area contributed by atoms with Crippen LogP contribution in [0.5, 0.6) is 0 Å². The van der Waals surface area contributed by atoms with Gasteiger partial charge in [0.05, 0.1) is 0 Å². The molecule has 0 aromatic heterocycles. The number of fused-ring (bicyclic) bond motifs is 3. The first kappa shape index (κ1) is 8.34. The second-order valence-electron chi connectivity index (χ2n) is 4.42. The Morgan fingerprint density at radius 1 is 1.06 bits per heavy atom. The number of benzene rings is 2. The van der Waals surface area contributed by atoms with E-state index in [1.165, 1.54) is 21.9 Å². The lowest BCUT2D eigenvalue weighted by Gasteiger charge is -2.09. The van der Waals surface area contributed by atoms with Crippen molar-refractivity contribution < 1.29 is 4.74 Å². The number of rotatable bonds is 0. The van der Waals surface area contributed by atoms with E-state index in [9.17, 15) is 0 Å². The summed E-state index contributed by atoms with van der Waals surface area (Å²) in [6, 6.07) is 13.0. The number of ether oxygens (including phenoxy) is 1. The van der Waals surface area contributed by atoms with Gasteiger partial charge < -0.3 is 4.74 Å². The number of hydrogen-bond donors (Lipinski definition) is 0. The molecule has 0 radical (unpaired) electrons. The van der Waals surface area contributed by atoms with Crippen molar-refractivity contribution in [2.75, 3.05) is 0 Å². The van der Waals surface area contributed by atoms with Gasteiger partial charge in [-0.2, -0.15) is 0 Å². The van der Waals surface area contributed by atoms with E-state index in [1.807, 2.05) is 6.92 Å². The smallest absolute Gasteiger partial charge is 0.181 e. The van der Waals surface area contributed by atoms with Crippen LogP contribution in [0.25, 0.3) is 10.8 Å². The zero-order chi connectivity index (χ0) is 10.7. The fourth-order valence-corrected chi connectivity index (χ4v) is 2.89. The summed E-state index contributed by atoms with van der Waals surface area (Å²) in [6.45, 7) is 1.93. The zero-order valence-corrected chi connectivity index (χ0v) is 8.97. The highest BCUT2D eigenvalue weighted by Crippen LogP contribution is 2.50. The van der Waals surface area contributed by atoms with E-state index >= 15 is 0 Å². The highest BCUT2D eigenvalue weighted by Gasteiger charge is 2.39. The van der Waals surface area contributed by atoms with Gasteiger partial charge in [0, 0.05) is 12.5 Å². The molecule has 0 unspecified atom stereocenters. The Kier molecular flexibility index (Phi) is 1.38. The van der Waals surface area contributed by atoms with Crippen LogP contribution >= 0.6 is 0 Å². The molecule has 1 aliphatic carbocycles. The van der Waals surface area contributed by atoms with Crippen LogP contribution in [0.2, 0.25) is 0 Å². The van der Waals surface area contributed by atoms with E-state index < -0.39 is 0 Å². The molecule has 0 spiro atoms. The Morgan fingerprint density at radius 2 is 1.81 bits per heavy atom. The molecular weight excluding hydrogens is 198 g/mol. The number of hydrogen-bond acceptors (Lipinski definition) is 2. The van der Waals surface area contributed by atoms with Crippen LogP contribution in [0, 0.1) is 0 Å². The maximum atomic E-state index is 5.81. The van der Waals surface area contributed by atoms with Crippen molar-refractivity contribution in [2.24, 2.45) is 4.99 Å². The van der Waals surface area contributed by atoms with E-state index in [-0.39, 0.29) is 12.1 Å². The van der Waals surface area contributed by atoms with Crippen LogP contribution in [0.3, 0.4) is 0 Å². The molecule has 1 heterocycles. The molecule has 2 heteroatoms. The lowest BCUT2D eigenvalue weighted by molar-refractivity contribution is 0.203. The second-order valence-corrected chi connectivity index (χ2v) is 4.42. The summed E-state index contributed by atoms with van der Waals surface area (Å²) in [4.78, 5) is 4.58. The highest BCUT2D eigenvalue weighted by molar-refractivity contribution is 5.93. The van der Waals surface area contributed by atoms with E-state index in [4.69, 9.17) is 4.74 Å². The molecule has 4 rings (SSSR count). The minimum Gasteiger partial charge on any atom is -0.471 e. The molecule has 1 aliphatic heterocycles. The second kappa shape index (κ2) is 2.64. The minimum atomic E-state index is 0.112. The molecule has 2 aromatic rings. The van der Waals surface area contributed by atoms with Crippen molar-refractivity contribution in [3.8, 4) is 0 Å². The monoisotopic (exact) mass is 209 g/mol. The first-order chi connectivity index (χ1) is 7.84. The van der Waals surface area contributed by atoms with Gasteiger partial charge in [-0.3, -0.25) is 0 Å². The summed E-state index contributed by atoms with van der Waals surface area (Å²) in [7, 11) is 0. The van der Waals surface area contributed by atoms with Crippen molar-refractivity contribution in [3.05, 3.63) is 47.5 Å². The minimum absolute atomic E-state index is 0.112. The molecule has 2 atom stereocenters. The molecule has 0 saturated heterocycles. The topological polar surface area (TPSA) is 21.6 Å². The molecular formula is C14H11NO. The van der Waals surface area contributed by atoms with E-state index in [1.54, 1.807) is 0 Å². The molecule has 0 fully saturated rings. The highest BCUT2D eigenvalue weighted by atomic mass is 16.5. The Balaban J connectivity index is 2.11. The molecule has 16 heavy (non-hydrogen) atoms. The van der Waals surface area contributed by atoms with Gasteiger partial charge in [-0.25, -0.2) is 4.99 Å².